The maximum Gasteiger partial charge on any atom is 0.141 e. The fourth-order valence-electron chi connectivity index (χ4n) is 1.96. The molecule has 1 N–H and O–H groups in total. The Balaban J connectivity index is 2.10. The summed E-state index contributed by atoms with van der Waals surface area (Å²) in [7, 11) is 0. The van der Waals surface area contributed by atoms with Crippen molar-refractivity contribution in [2.24, 2.45) is 0 Å². The molecule has 2 rings (SSSR count). The Hall–Kier alpha value is -1.32. The molecule has 0 aliphatic heterocycles. The van der Waals surface area contributed by atoms with Crippen LogP contribution in [0.2, 0.25) is 0 Å². The molecule has 0 fully saturated rings. The van der Waals surface area contributed by atoms with Crippen molar-refractivity contribution in [3.8, 4) is 11.5 Å². The maximum absolute atomic E-state index is 5.86. The molecule has 0 bridgehead atoms. The van der Waals surface area contributed by atoms with E-state index in [0.717, 1.165) is 28.9 Å². The molecule has 0 heterocycles. The molecule has 1 unspecified atom stereocenters. The Bertz CT molecular complexity index is 542. The zero-order valence-corrected chi connectivity index (χ0v) is 13.5. The van der Waals surface area contributed by atoms with Crippen molar-refractivity contribution in [3.05, 3.63) is 58.6 Å². The minimum absolute atomic E-state index is 0.344. The largest absolute Gasteiger partial charge is 0.456 e. The summed E-state index contributed by atoms with van der Waals surface area (Å²) >= 11 is 3.59. The van der Waals surface area contributed by atoms with Crippen LogP contribution < -0.4 is 10.1 Å². The van der Waals surface area contributed by atoms with Crippen molar-refractivity contribution in [3.63, 3.8) is 0 Å². The first-order chi connectivity index (χ1) is 9.70. The molecule has 2 aromatic carbocycles. The third-order valence-electron chi connectivity index (χ3n) is 3.13. The Morgan fingerprint density at radius 3 is 2.55 bits per heavy atom. The molecule has 2 aromatic rings. The standard InChI is InChI=1S/C17H20BrNO/c1-3-11-19-13(2)14-9-10-17(16(18)12-14)20-15-7-5-4-6-8-15/h4-10,12-13,19H,3,11H2,1-2H3. The van der Waals surface area contributed by atoms with Crippen LogP contribution in [0.25, 0.3) is 0 Å². The molecule has 0 saturated heterocycles. The van der Waals surface area contributed by atoms with E-state index in [2.05, 4.69) is 47.2 Å². The molecule has 0 saturated carbocycles. The van der Waals surface area contributed by atoms with Gasteiger partial charge in [-0.15, -0.1) is 0 Å². The van der Waals surface area contributed by atoms with Crippen LogP contribution in [0.1, 0.15) is 31.9 Å². The van der Waals surface area contributed by atoms with Gasteiger partial charge in [-0.3, -0.25) is 0 Å². The average molecular weight is 334 g/mol. The topological polar surface area (TPSA) is 21.3 Å². The summed E-state index contributed by atoms with van der Waals surface area (Å²) in [5.41, 5.74) is 1.26. The zero-order valence-electron chi connectivity index (χ0n) is 11.9. The van der Waals surface area contributed by atoms with Gasteiger partial charge in [-0.05, 0) is 65.6 Å². The van der Waals surface area contributed by atoms with Gasteiger partial charge in [0.1, 0.15) is 11.5 Å². The van der Waals surface area contributed by atoms with Gasteiger partial charge in [0, 0.05) is 6.04 Å². The van der Waals surface area contributed by atoms with Crippen LogP contribution in [0.15, 0.2) is 53.0 Å². The molecule has 0 spiro atoms. The first-order valence-electron chi connectivity index (χ1n) is 6.96. The molecule has 106 valence electrons. The number of benzene rings is 2. The molecule has 20 heavy (non-hydrogen) atoms. The van der Waals surface area contributed by atoms with Crippen LogP contribution in [0, 0.1) is 0 Å². The lowest BCUT2D eigenvalue weighted by Gasteiger charge is -2.15. The second kappa shape index (κ2) is 7.46. The third-order valence-corrected chi connectivity index (χ3v) is 3.75. The van der Waals surface area contributed by atoms with E-state index in [-0.39, 0.29) is 0 Å². The zero-order chi connectivity index (χ0) is 14.4. The second-order valence-electron chi connectivity index (χ2n) is 4.78. The van der Waals surface area contributed by atoms with Crippen molar-refractivity contribution < 1.29 is 4.74 Å². The van der Waals surface area contributed by atoms with E-state index >= 15 is 0 Å². The summed E-state index contributed by atoms with van der Waals surface area (Å²) < 4.78 is 6.83. The van der Waals surface area contributed by atoms with Crippen LogP contribution in [-0.4, -0.2) is 6.54 Å². The number of nitrogens with one attached hydrogen (secondary N) is 1. The number of hydrogen-bond donors (Lipinski definition) is 1. The number of para-hydroxylation sites is 1. The molecule has 3 heteroatoms. The van der Waals surface area contributed by atoms with Crippen molar-refractivity contribution in [1.82, 2.24) is 5.32 Å². The van der Waals surface area contributed by atoms with E-state index in [0.29, 0.717) is 6.04 Å². The summed E-state index contributed by atoms with van der Waals surface area (Å²) in [6.45, 7) is 5.38. The summed E-state index contributed by atoms with van der Waals surface area (Å²) in [6.07, 6.45) is 1.14. The molecule has 0 aliphatic carbocycles. The highest BCUT2D eigenvalue weighted by atomic mass is 79.9. The van der Waals surface area contributed by atoms with E-state index in [9.17, 15) is 0 Å². The Morgan fingerprint density at radius 1 is 1.15 bits per heavy atom. The predicted octanol–water partition coefficient (Wildman–Crippen LogP) is 5.30. The minimum atomic E-state index is 0.344. The maximum atomic E-state index is 5.86. The van der Waals surface area contributed by atoms with Gasteiger partial charge in [0.25, 0.3) is 0 Å². The van der Waals surface area contributed by atoms with Crippen LogP contribution >= 0.6 is 15.9 Å². The molecular weight excluding hydrogens is 314 g/mol. The van der Waals surface area contributed by atoms with Crippen LogP contribution in [0.4, 0.5) is 0 Å². The molecule has 0 radical (unpaired) electrons. The Labute approximate surface area is 129 Å². The average Bonchev–Trinajstić information content (AvgIpc) is 2.48. The number of ether oxygens (including phenoxy) is 1. The summed E-state index contributed by atoms with van der Waals surface area (Å²) in [5, 5.41) is 3.48. The van der Waals surface area contributed by atoms with E-state index in [1.165, 1.54) is 5.56 Å². The van der Waals surface area contributed by atoms with E-state index in [1.807, 2.05) is 36.4 Å². The highest BCUT2D eigenvalue weighted by Crippen LogP contribution is 2.31. The van der Waals surface area contributed by atoms with E-state index < -0.39 is 0 Å². The van der Waals surface area contributed by atoms with Gasteiger partial charge < -0.3 is 10.1 Å². The van der Waals surface area contributed by atoms with Crippen LogP contribution in [-0.2, 0) is 0 Å². The molecule has 0 amide bonds. The lowest BCUT2D eigenvalue weighted by Crippen LogP contribution is -2.19. The lowest BCUT2D eigenvalue weighted by atomic mass is 10.1. The highest BCUT2D eigenvalue weighted by molar-refractivity contribution is 9.10. The van der Waals surface area contributed by atoms with E-state index in [4.69, 9.17) is 4.74 Å². The fourth-order valence-corrected chi connectivity index (χ4v) is 2.44. The normalized spacial score (nSPS) is 12.2. The SMILES string of the molecule is CCCNC(C)c1ccc(Oc2ccccc2)c(Br)c1. The highest BCUT2D eigenvalue weighted by Gasteiger charge is 2.08. The summed E-state index contributed by atoms with van der Waals surface area (Å²) in [6, 6.07) is 16.4. The molecule has 1 atom stereocenters. The van der Waals surface area contributed by atoms with E-state index in [1.54, 1.807) is 0 Å². The number of halogens is 1. The minimum Gasteiger partial charge on any atom is -0.456 e. The van der Waals surface area contributed by atoms with Gasteiger partial charge in [0.2, 0.25) is 0 Å². The third kappa shape index (κ3) is 4.09. The molecule has 0 aliphatic rings. The van der Waals surface area contributed by atoms with Gasteiger partial charge in [-0.25, -0.2) is 0 Å². The number of rotatable bonds is 6. The first kappa shape index (κ1) is 15.1. The monoisotopic (exact) mass is 333 g/mol. The van der Waals surface area contributed by atoms with Crippen molar-refractivity contribution in [1.29, 1.82) is 0 Å². The summed E-state index contributed by atoms with van der Waals surface area (Å²) in [5.74, 6) is 1.68. The van der Waals surface area contributed by atoms with Crippen molar-refractivity contribution in [2.45, 2.75) is 26.3 Å². The lowest BCUT2D eigenvalue weighted by molar-refractivity contribution is 0.478. The van der Waals surface area contributed by atoms with Gasteiger partial charge in [-0.2, -0.15) is 0 Å². The first-order valence-corrected chi connectivity index (χ1v) is 7.75. The van der Waals surface area contributed by atoms with Crippen LogP contribution in [0.5, 0.6) is 11.5 Å². The van der Waals surface area contributed by atoms with Gasteiger partial charge in [0.15, 0.2) is 0 Å². The molecular formula is C17H20BrNO. The van der Waals surface area contributed by atoms with Gasteiger partial charge in [-0.1, -0.05) is 31.2 Å². The summed E-state index contributed by atoms with van der Waals surface area (Å²) in [4.78, 5) is 0. The smallest absolute Gasteiger partial charge is 0.141 e. The quantitative estimate of drug-likeness (QED) is 0.774. The Kier molecular flexibility index (Phi) is 5.62. The number of hydrogen-bond acceptors (Lipinski definition) is 2. The Morgan fingerprint density at radius 2 is 1.90 bits per heavy atom. The van der Waals surface area contributed by atoms with Gasteiger partial charge >= 0.3 is 0 Å². The van der Waals surface area contributed by atoms with Crippen molar-refractivity contribution in [2.75, 3.05) is 6.54 Å². The fraction of sp³-hybridized carbons (Fsp3) is 0.294. The molecule has 0 aromatic heterocycles. The second-order valence-corrected chi connectivity index (χ2v) is 5.64. The van der Waals surface area contributed by atoms with Crippen molar-refractivity contribution >= 4 is 15.9 Å². The molecule has 2 nitrogen and oxygen atoms in total. The van der Waals surface area contributed by atoms with Gasteiger partial charge in [0.05, 0.1) is 4.47 Å². The predicted molar refractivity (Wildman–Crippen MR) is 87.4 cm³/mol. The van der Waals surface area contributed by atoms with Crippen LogP contribution in [0.3, 0.4) is 0 Å².